The molecule has 0 bridgehead atoms. The highest BCUT2D eigenvalue weighted by Crippen LogP contribution is 2.27. The van der Waals surface area contributed by atoms with Gasteiger partial charge in [0.2, 0.25) is 5.91 Å². The van der Waals surface area contributed by atoms with Gasteiger partial charge < -0.3 is 10.2 Å². The van der Waals surface area contributed by atoms with E-state index >= 15 is 0 Å². The molecule has 0 radical (unpaired) electrons. The number of unbranched alkanes of at least 4 members (excludes halogenated alkanes) is 1. The fourth-order valence-corrected chi connectivity index (χ4v) is 4.47. The van der Waals surface area contributed by atoms with E-state index in [0.29, 0.717) is 25.3 Å². The summed E-state index contributed by atoms with van der Waals surface area (Å²) in [5, 5.41) is 11.7. The zero-order valence-corrected chi connectivity index (χ0v) is 17.3. The SMILES string of the molecule is N#CCCCC(=O)N[C@H]1CC[C@H](CCN2CCN(c3ccc(F)cc3)CC2)CC1. The minimum atomic E-state index is -0.180. The van der Waals surface area contributed by atoms with Crippen molar-refractivity contribution in [3.8, 4) is 6.07 Å². The number of carbonyl (C=O) groups is 1. The molecule has 1 saturated heterocycles. The highest BCUT2D eigenvalue weighted by atomic mass is 19.1. The van der Waals surface area contributed by atoms with Crippen LogP contribution < -0.4 is 10.2 Å². The molecule has 1 aromatic rings. The number of carbonyl (C=O) groups excluding carboxylic acids is 1. The number of nitrogens with one attached hydrogen (secondary N) is 1. The van der Waals surface area contributed by atoms with Crippen LogP contribution in [0.1, 0.15) is 51.4 Å². The molecule has 0 unspecified atom stereocenters. The van der Waals surface area contributed by atoms with Crippen LogP contribution in [0.25, 0.3) is 0 Å². The first-order valence-corrected chi connectivity index (χ1v) is 11.0. The second kappa shape index (κ2) is 11.2. The van der Waals surface area contributed by atoms with E-state index in [2.05, 4.69) is 21.2 Å². The summed E-state index contributed by atoms with van der Waals surface area (Å²) in [7, 11) is 0. The van der Waals surface area contributed by atoms with Crippen LogP contribution in [0.3, 0.4) is 0 Å². The number of nitriles is 1. The molecule has 1 aromatic carbocycles. The van der Waals surface area contributed by atoms with E-state index < -0.39 is 0 Å². The molecule has 1 amide bonds. The maximum atomic E-state index is 13.1. The number of hydrogen-bond acceptors (Lipinski definition) is 4. The van der Waals surface area contributed by atoms with Gasteiger partial charge in [-0.15, -0.1) is 0 Å². The van der Waals surface area contributed by atoms with Crippen LogP contribution in [0, 0.1) is 23.1 Å². The van der Waals surface area contributed by atoms with E-state index in [4.69, 9.17) is 5.26 Å². The zero-order chi connectivity index (χ0) is 20.5. The standard InChI is InChI=1S/C23H33FN4O/c24-20-6-10-22(11-7-20)28-17-15-27(16-18-28)14-12-19-4-8-21(9-5-19)26-23(29)3-1-2-13-25/h6-7,10-11,19,21H,1-5,8-9,12,14-18H2,(H,26,29)/t19-,21-. The van der Waals surface area contributed by atoms with Gasteiger partial charge in [0.15, 0.2) is 0 Å². The van der Waals surface area contributed by atoms with Gasteiger partial charge in [0.1, 0.15) is 5.82 Å². The molecular formula is C23H33FN4O. The van der Waals surface area contributed by atoms with Crippen LogP contribution in [-0.4, -0.2) is 49.6 Å². The molecule has 29 heavy (non-hydrogen) atoms. The fraction of sp³-hybridized carbons (Fsp3) is 0.652. The molecule has 0 aromatic heterocycles. The number of halogens is 1. The van der Waals surface area contributed by atoms with Crippen molar-refractivity contribution in [2.45, 2.75) is 57.4 Å². The van der Waals surface area contributed by atoms with Gasteiger partial charge in [-0.3, -0.25) is 9.69 Å². The first-order valence-electron chi connectivity index (χ1n) is 11.0. The normalized spacial score (nSPS) is 22.8. The Morgan fingerprint density at radius 1 is 1.10 bits per heavy atom. The van der Waals surface area contributed by atoms with Gasteiger partial charge in [-0.05, 0) is 75.3 Å². The number of hydrogen-bond donors (Lipinski definition) is 1. The Morgan fingerprint density at radius 2 is 1.79 bits per heavy atom. The topological polar surface area (TPSA) is 59.4 Å². The molecule has 1 heterocycles. The Labute approximate surface area is 173 Å². The Hall–Kier alpha value is -2.13. The lowest BCUT2D eigenvalue weighted by molar-refractivity contribution is -0.122. The van der Waals surface area contributed by atoms with Crippen LogP contribution in [-0.2, 0) is 4.79 Å². The Kier molecular flexibility index (Phi) is 8.30. The third-order valence-corrected chi connectivity index (χ3v) is 6.32. The Bertz CT molecular complexity index is 671. The van der Waals surface area contributed by atoms with Crippen LogP contribution >= 0.6 is 0 Å². The highest BCUT2D eigenvalue weighted by Gasteiger charge is 2.24. The van der Waals surface area contributed by atoms with Crippen LogP contribution in [0.15, 0.2) is 24.3 Å². The van der Waals surface area contributed by atoms with Crippen molar-refractivity contribution in [2.75, 3.05) is 37.6 Å². The quantitative estimate of drug-likeness (QED) is 0.676. The molecule has 6 heteroatoms. The molecule has 0 spiro atoms. The average Bonchev–Trinajstić information content (AvgIpc) is 2.74. The lowest BCUT2D eigenvalue weighted by Crippen LogP contribution is -2.47. The summed E-state index contributed by atoms with van der Waals surface area (Å²) in [6.45, 7) is 5.26. The molecule has 2 aliphatic rings. The number of piperazine rings is 1. The monoisotopic (exact) mass is 400 g/mol. The van der Waals surface area contributed by atoms with Gasteiger partial charge >= 0.3 is 0 Å². The summed E-state index contributed by atoms with van der Waals surface area (Å²) in [5.41, 5.74) is 1.11. The van der Waals surface area contributed by atoms with Gasteiger partial charge in [-0.1, -0.05) is 0 Å². The zero-order valence-electron chi connectivity index (χ0n) is 17.3. The third-order valence-electron chi connectivity index (χ3n) is 6.32. The van der Waals surface area contributed by atoms with Crippen molar-refractivity contribution in [3.63, 3.8) is 0 Å². The van der Waals surface area contributed by atoms with Crippen molar-refractivity contribution < 1.29 is 9.18 Å². The molecule has 1 aliphatic carbocycles. The van der Waals surface area contributed by atoms with E-state index in [1.54, 1.807) is 0 Å². The van der Waals surface area contributed by atoms with Gasteiger partial charge in [0.05, 0.1) is 6.07 Å². The molecule has 1 aliphatic heterocycles. The van der Waals surface area contributed by atoms with Crippen LogP contribution in [0.5, 0.6) is 0 Å². The Morgan fingerprint density at radius 3 is 2.45 bits per heavy atom. The largest absolute Gasteiger partial charge is 0.369 e. The number of anilines is 1. The first-order chi connectivity index (χ1) is 14.1. The van der Waals surface area contributed by atoms with E-state index in [1.807, 2.05) is 12.1 Å². The second-order valence-electron chi connectivity index (χ2n) is 8.39. The summed E-state index contributed by atoms with van der Waals surface area (Å²) in [4.78, 5) is 16.8. The lowest BCUT2D eigenvalue weighted by Gasteiger charge is -2.37. The smallest absolute Gasteiger partial charge is 0.220 e. The maximum Gasteiger partial charge on any atom is 0.220 e. The molecular weight excluding hydrogens is 367 g/mol. The molecule has 3 rings (SSSR count). The van der Waals surface area contributed by atoms with Crippen molar-refractivity contribution in [1.29, 1.82) is 5.26 Å². The summed E-state index contributed by atoms with van der Waals surface area (Å²) in [6.07, 6.45) is 7.36. The van der Waals surface area contributed by atoms with Crippen molar-refractivity contribution in [2.24, 2.45) is 5.92 Å². The van der Waals surface area contributed by atoms with Crippen molar-refractivity contribution in [1.82, 2.24) is 10.2 Å². The summed E-state index contributed by atoms with van der Waals surface area (Å²) >= 11 is 0. The van der Waals surface area contributed by atoms with E-state index in [9.17, 15) is 9.18 Å². The fourth-order valence-electron chi connectivity index (χ4n) is 4.47. The number of amides is 1. The van der Waals surface area contributed by atoms with Crippen molar-refractivity contribution >= 4 is 11.6 Å². The van der Waals surface area contributed by atoms with Crippen LogP contribution in [0.4, 0.5) is 10.1 Å². The number of rotatable bonds is 8. The molecule has 158 valence electrons. The summed E-state index contributed by atoms with van der Waals surface area (Å²) in [5.74, 6) is 0.681. The van der Waals surface area contributed by atoms with Gasteiger partial charge in [-0.2, -0.15) is 5.26 Å². The van der Waals surface area contributed by atoms with Crippen LogP contribution in [0.2, 0.25) is 0 Å². The first kappa shape index (κ1) is 21.6. The van der Waals surface area contributed by atoms with Crippen molar-refractivity contribution in [3.05, 3.63) is 30.1 Å². The number of benzene rings is 1. The molecule has 1 saturated carbocycles. The molecule has 5 nitrogen and oxygen atoms in total. The highest BCUT2D eigenvalue weighted by molar-refractivity contribution is 5.76. The van der Waals surface area contributed by atoms with E-state index in [0.717, 1.165) is 57.2 Å². The molecule has 1 N–H and O–H groups in total. The molecule has 2 fully saturated rings. The van der Waals surface area contributed by atoms with Gasteiger partial charge in [-0.25, -0.2) is 4.39 Å². The number of nitrogens with zero attached hydrogens (tertiary/aromatic N) is 3. The minimum Gasteiger partial charge on any atom is -0.369 e. The van der Waals surface area contributed by atoms with Gasteiger partial charge in [0.25, 0.3) is 0 Å². The predicted molar refractivity (Wildman–Crippen MR) is 113 cm³/mol. The van der Waals surface area contributed by atoms with Gasteiger partial charge in [0, 0.05) is 50.7 Å². The van der Waals surface area contributed by atoms with E-state index in [-0.39, 0.29) is 11.7 Å². The molecule has 0 atom stereocenters. The third kappa shape index (κ3) is 7.01. The summed E-state index contributed by atoms with van der Waals surface area (Å²) < 4.78 is 13.1. The average molecular weight is 401 g/mol. The Balaban J connectivity index is 1.29. The van der Waals surface area contributed by atoms with E-state index in [1.165, 1.54) is 31.4 Å². The second-order valence-corrected chi connectivity index (χ2v) is 8.39. The lowest BCUT2D eigenvalue weighted by atomic mass is 9.84. The predicted octanol–water partition coefficient (Wildman–Crippen LogP) is 3.71. The maximum absolute atomic E-state index is 13.1. The summed E-state index contributed by atoms with van der Waals surface area (Å²) in [6, 6.07) is 9.21. The minimum absolute atomic E-state index is 0.0997.